The number of carbonyl (C=O) groups excluding carboxylic acids is 2. The Morgan fingerprint density at radius 3 is 2.84 bits per heavy atom. The molecule has 0 bridgehead atoms. The summed E-state index contributed by atoms with van der Waals surface area (Å²) in [4.78, 5) is 25.3. The zero-order chi connectivity index (χ0) is 13.8. The molecule has 1 heterocycles. The lowest BCUT2D eigenvalue weighted by molar-refractivity contribution is -0.121. The molecule has 2 amide bonds. The quantitative estimate of drug-likeness (QED) is 0.819. The predicted molar refractivity (Wildman–Crippen MR) is 74.0 cm³/mol. The Morgan fingerprint density at radius 1 is 1.37 bits per heavy atom. The Kier molecular flexibility index (Phi) is 4.16. The first-order valence-electron chi connectivity index (χ1n) is 6.46. The number of amides is 2. The highest BCUT2D eigenvalue weighted by atomic mass is 16.2. The number of carbonyl (C=O) groups is 2. The largest absolute Gasteiger partial charge is 0.358 e. The minimum Gasteiger partial charge on any atom is -0.358 e. The van der Waals surface area contributed by atoms with Gasteiger partial charge < -0.3 is 10.2 Å². The lowest BCUT2D eigenvalue weighted by Gasteiger charge is -2.22. The van der Waals surface area contributed by atoms with E-state index in [-0.39, 0.29) is 24.4 Å². The Balaban J connectivity index is 1.99. The number of fused-ring (bicyclic) bond motifs is 1. The van der Waals surface area contributed by atoms with Crippen LogP contribution in [0.2, 0.25) is 0 Å². The van der Waals surface area contributed by atoms with Gasteiger partial charge in [-0.2, -0.15) is 0 Å². The number of nitrogens with zero attached hydrogens (tertiary/aromatic N) is 1. The highest BCUT2D eigenvalue weighted by Gasteiger charge is 2.27. The van der Waals surface area contributed by atoms with Crippen LogP contribution in [-0.2, 0) is 16.0 Å². The number of hydrogen-bond acceptors (Lipinski definition) is 3. The summed E-state index contributed by atoms with van der Waals surface area (Å²) in [6.45, 7) is 2.65. The molecule has 0 saturated heterocycles. The van der Waals surface area contributed by atoms with Crippen LogP contribution in [-0.4, -0.2) is 38.0 Å². The van der Waals surface area contributed by atoms with Gasteiger partial charge in [-0.05, 0) is 25.0 Å². The number of nitrogens with one attached hydrogen (secondary N) is 2. The van der Waals surface area contributed by atoms with Gasteiger partial charge >= 0.3 is 0 Å². The summed E-state index contributed by atoms with van der Waals surface area (Å²) in [5.74, 6) is -0.115. The fourth-order valence-electron chi connectivity index (χ4n) is 2.22. The third kappa shape index (κ3) is 2.93. The van der Waals surface area contributed by atoms with Crippen LogP contribution < -0.4 is 15.5 Å². The van der Waals surface area contributed by atoms with E-state index < -0.39 is 0 Å². The van der Waals surface area contributed by atoms with Crippen molar-refractivity contribution in [2.45, 2.75) is 19.4 Å². The molecule has 19 heavy (non-hydrogen) atoms. The van der Waals surface area contributed by atoms with E-state index in [9.17, 15) is 9.59 Å². The second kappa shape index (κ2) is 5.84. The Morgan fingerprint density at radius 2 is 2.11 bits per heavy atom. The van der Waals surface area contributed by atoms with Crippen LogP contribution in [0.5, 0.6) is 0 Å². The predicted octanol–water partition coefficient (Wildman–Crippen LogP) is 0.300. The molecule has 0 unspecified atom stereocenters. The molecular formula is C14H19N3O2. The van der Waals surface area contributed by atoms with Crippen molar-refractivity contribution in [2.24, 2.45) is 0 Å². The summed E-state index contributed by atoms with van der Waals surface area (Å²) in [5, 5.41) is 5.46. The molecule has 0 fully saturated rings. The lowest BCUT2D eigenvalue weighted by atomic mass is 10.2. The number of anilines is 1. The van der Waals surface area contributed by atoms with E-state index in [4.69, 9.17) is 0 Å². The van der Waals surface area contributed by atoms with E-state index in [1.165, 1.54) is 5.56 Å². The fraction of sp³-hybridized carbons (Fsp3) is 0.429. The smallest absolute Gasteiger partial charge is 0.243 e. The van der Waals surface area contributed by atoms with Gasteiger partial charge in [-0.15, -0.1) is 0 Å². The second-order valence-corrected chi connectivity index (χ2v) is 4.64. The van der Waals surface area contributed by atoms with Crippen molar-refractivity contribution in [3.05, 3.63) is 29.8 Å². The second-order valence-electron chi connectivity index (χ2n) is 4.64. The summed E-state index contributed by atoms with van der Waals surface area (Å²) < 4.78 is 0. The average molecular weight is 261 g/mol. The standard InChI is InChI=1S/C14H19N3O2/c1-10(16-9-13(18)15-2)14(19)17-8-7-11-5-3-4-6-12(11)17/h3-6,10,16H,7-9H2,1-2H3,(H,15,18)/t10-/m0/s1. The molecule has 5 heteroatoms. The molecule has 0 saturated carbocycles. The van der Waals surface area contributed by atoms with Crippen LogP contribution in [0.3, 0.4) is 0 Å². The van der Waals surface area contributed by atoms with Gasteiger partial charge in [0.2, 0.25) is 11.8 Å². The molecule has 2 N–H and O–H groups in total. The summed E-state index contributed by atoms with van der Waals surface area (Å²) in [5.41, 5.74) is 2.19. The van der Waals surface area contributed by atoms with E-state index in [0.717, 1.165) is 12.1 Å². The highest BCUT2D eigenvalue weighted by Crippen LogP contribution is 2.27. The van der Waals surface area contributed by atoms with Crippen molar-refractivity contribution in [1.29, 1.82) is 0 Å². The van der Waals surface area contributed by atoms with Crippen LogP contribution >= 0.6 is 0 Å². The summed E-state index contributed by atoms with van der Waals surface area (Å²) in [7, 11) is 1.58. The van der Waals surface area contributed by atoms with Gasteiger partial charge in [-0.3, -0.25) is 14.9 Å². The van der Waals surface area contributed by atoms with Crippen LogP contribution in [0.1, 0.15) is 12.5 Å². The van der Waals surface area contributed by atoms with E-state index in [0.29, 0.717) is 6.54 Å². The Bertz CT molecular complexity index is 487. The van der Waals surface area contributed by atoms with Crippen molar-refractivity contribution < 1.29 is 9.59 Å². The Hall–Kier alpha value is -1.88. The molecule has 1 aliphatic heterocycles. The van der Waals surface area contributed by atoms with Crippen molar-refractivity contribution >= 4 is 17.5 Å². The van der Waals surface area contributed by atoms with Crippen molar-refractivity contribution in [3.8, 4) is 0 Å². The van der Waals surface area contributed by atoms with Gasteiger partial charge in [-0.25, -0.2) is 0 Å². The van der Waals surface area contributed by atoms with Crippen LogP contribution in [0.4, 0.5) is 5.69 Å². The maximum Gasteiger partial charge on any atom is 0.243 e. The van der Waals surface area contributed by atoms with Crippen molar-refractivity contribution in [2.75, 3.05) is 25.0 Å². The third-order valence-electron chi connectivity index (χ3n) is 3.37. The monoisotopic (exact) mass is 261 g/mol. The van der Waals surface area contributed by atoms with Gasteiger partial charge in [0.15, 0.2) is 0 Å². The maximum atomic E-state index is 12.3. The topological polar surface area (TPSA) is 61.4 Å². The molecular weight excluding hydrogens is 242 g/mol. The SMILES string of the molecule is CNC(=O)CN[C@@H](C)C(=O)N1CCc2ccccc21. The fourth-order valence-corrected chi connectivity index (χ4v) is 2.22. The number of rotatable bonds is 4. The van der Waals surface area contributed by atoms with Crippen LogP contribution in [0, 0.1) is 0 Å². The lowest BCUT2D eigenvalue weighted by Crippen LogP contribution is -2.47. The van der Waals surface area contributed by atoms with Gasteiger partial charge in [0, 0.05) is 19.3 Å². The van der Waals surface area contributed by atoms with E-state index >= 15 is 0 Å². The molecule has 1 aromatic rings. The molecule has 1 aromatic carbocycles. The minimum atomic E-state index is -0.372. The summed E-state index contributed by atoms with van der Waals surface area (Å²) in [6.07, 6.45) is 0.893. The number of likely N-dealkylation sites (N-methyl/N-ethyl adjacent to an activating group) is 1. The zero-order valence-electron chi connectivity index (χ0n) is 11.3. The first-order chi connectivity index (χ1) is 9.13. The average Bonchev–Trinajstić information content (AvgIpc) is 2.87. The van der Waals surface area contributed by atoms with Crippen LogP contribution in [0.15, 0.2) is 24.3 Å². The molecule has 0 aromatic heterocycles. The Labute approximate surface area is 113 Å². The number of hydrogen-bond donors (Lipinski definition) is 2. The maximum absolute atomic E-state index is 12.3. The first kappa shape index (κ1) is 13.5. The van der Waals surface area contributed by atoms with Crippen molar-refractivity contribution in [1.82, 2.24) is 10.6 Å². The molecule has 0 aliphatic carbocycles. The molecule has 1 aliphatic rings. The molecule has 1 atom stereocenters. The zero-order valence-corrected chi connectivity index (χ0v) is 11.3. The van der Waals surface area contributed by atoms with Gasteiger partial charge in [0.05, 0.1) is 12.6 Å². The highest BCUT2D eigenvalue weighted by molar-refractivity contribution is 5.99. The summed E-state index contributed by atoms with van der Waals surface area (Å²) >= 11 is 0. The number of benzene rings is 1. The molecule has 0 spiro atoms. The molecule has 5 nitrogen and oxygen atoms in total. The number of para-hydroxylation sites is 1. The molecule has 2 rings (SSSR count). The third-order valence-corrected chi connectivity index (χ3v) is 3.37. The van der Waals surface area contributed by atoms with Gasteiger partial charge in [0.25, 0.3) is 0 Å². The van der Waals surface area contributed by atoms with E-state index in [1.807, 2.05) is 24.3 Å². The van der Waals surface area contributed by atoms with E-state index in [2.05, 4.69) is 10.6 Å². The molecule has 0 radical (unpaired) electrons. The normalized spacial score (nSPS) is 14.9. The van der Waals surface area contributed by atoms with Gasteiger partial charge in [-0.1, -0.05) is 18.2 Å². The van der Waals surface area contributed by atoms with Crippen LogP contribution in [0.25, 0.3) is 0 Å². The first-order valence-corrected chi connectivity index (χ1v) is 6.46. The van der Waals surface area contributed by atoms with Crippen molar-refractivity contribution in [3.63, 3.8) is 0 Å². The summed E-state index contributed by atoms with van der Waals surface area (Å²) in [6, 6.07) is 7.56. The van der Waals surface area contributed by atoms with Gasteiger partial charge in [0.1, 0.15) is 0 Å². The minimum absolute atomic E-state index is 0.00820. The van der Waals surface area contributed by atoms with E-state index in [1.54, 1.807) is 18.9 Å². The molecule has 102 valence electrons.